The minimum atomic E-state index is -0.864. The molecular weight excluding hydrogens is 539 g/mol. The van der Waals surface area contributed by atoms with Crippen LogP contribution >= 0.6 is 24.0 Å². The summed E-state index contributed by atoms with van der Waals surface area (Å²) in [4.78, 5) is 12.9. The SMILES string of the molecule is COCCCOc1cc(C[C@@H](C[C@H](N)[C@@H](O)CNC(=O)C(C)(C)c2ccc(Cl)cc2)C(C)C)ccc1OC.Cl. The molecule has 0 aliphatic heterocycles. The number of carbonyl (C=O) groups excluding carboxylic acids is 1. The topological polar surface area (TPSA) is 103 Å². The van der Waals surface area contributed by atoms with Crippen LogP contribution in [0.1, 0.15) is 51.7 Å². The quantitative estimate of drug-likeness (QED) is 0.235. The molecule has 39 heavy (non-hydrogen) atoms. The third-order valence-electron chi connectivity index (χ3n) is 7.09. The number of nitrogens with one attached hydrogen (secondary N) is 1. The number of methoxy groups -OCH3 is 2. The standard InChI is InChI=1S/C30H45ClN2O5.ClH/c1-20(2)22(16-21-8-13-27(37-6)28(17-21)38-15-7-14-36-5)18-25(32)26(34)19-33-29(35)30(3,4)23-9-11-24(31)12-10-23;/h8-13,17,20,22,25-26,34H,7,14-16,18-19,32H2,1-6H3,(H,33,35);1H/t22-,25-,26-;/m0./s1. The number of halogens is 2. The van der Waals surface area contributed by atoms with Crippen molar-refractivity contribution in [3.05, 3.63) is 58.6 Å². The number of carbonyl (C=O) groups is 1. The molecule has 0 aliphatic carbocycles. The fourth-order valence-corrected chi connectivity index (χ4v) is 4.44. The molecule has 0 aliphatic rings. The normalized spacial score (nSPS) is 13.8. The van der Waals surface area contributed by atoms with Crippen LogP contribution < -0.4 is 20.5 Å². The van der Waals surface area contributed by atoms with Gasteiger partial charge in [-0.3, -0.25) is 4.79 Å². The van der Waals surface area contributed by atoms with E-state index >= 15 is 0 Å². The Labute approximate surface area is 245 Å². The molecule has 0 spiro atoms. The van der Waals surface area contributed by atoms with Gasteiger partial charge in [-0.15, -0.1) is 12.4 Å². The molecule has 0 saturated carbocycles. The Bertz CT molecular complexity index is 1000. The summed E-state index contributed by atoms with van der Waals surface area (Å²) >= 11 is 5.98. The van der Waals surface area contributed by atoms with Crippen LogP contribution in [-0.4, -0.2) is 57.1 Å². The molecule has 1 amide bonds. The number of nitrogens with two attached hydrogens (primary N) is 1. The van der Waals surface area contributed by atoms with Gasteiger partial charge in [-0.1, -0.05) is 43.6 Å². The van der Waals surface area contributed by atoms with Gasteiger partial charge in [0.2, 0.25) is 5.91 Å². The van der Waals surface area contributed by atoms with Crippen LogP contribution in [-0.2, 0) is 21.4 Å². The van der Waals surface area contributed by atoms with E-state index in [2.05, 4.69) is 19.2 Å². The number of ether oxygens (including phenoxy) is 3. The minimum Gasteiger partial charge on any atom is -0.493 e. The Morgan fingerprint density at radius 2 is 1.74 bits per heavy atom. The summed E-state index contributed by atoms with van der Waals surface area (Å²) in [6.45, 7) is 9.27. The van der Waals surface area contributed by atoms with Crippen LogP contribution in [0.25, 0.3) is 0 Å². The minimum absolute atomic E-state index is 0. The lowest BCUT2D eigenvalue weighted by Gasteiger charge is -2.29. The molecule has 2 rings (SSSR count). The lowest BCUT2D eigenvalue weighted by molar-refractivity contribution is -0.126. The first-order chi connectivity index (χ1) is 18.0. The Morgan fingerprint density at radius 3 is 2.33 bits per heavy atom. The average molecular weight is 586 g/mol. The van der Waals surface area contributed by atoms with Crippen molar-refractivity contribution >= 4 is 29.9 Å². The highest BCUT2D eigenvalue weighted by molar-refractivity contribution is 6.30. The van der Waals surface area contributed by atoms with Crippen molar-refractivity contribution in [2.45, 2.75) is 64.5 Å². The van der Waals surface area contributed by atoms with Gasteiger partial charge in [0.1, 0.15) is 0 Å². The first kappa shape index (κ1) is 35.0. The zero-order valence-electron chi connectivity index (χ0n) is 24.0. The van der Waals surface area contributed by atoms with E-state index in [1.165, 1.54) is 0 Å². The summed E-state index contributed by atoms with van der Waals surface area (Å²) in [5.74, 6) is 1.80. The molecule has 0 radical (unpaired) electrons. The number of aliphatic hydroxyl groups excluding tert-OH is 1. The largest absolute Gasteiger partial charge is 0.493 e. The van der Waals surface area contributed by atoms with Crippen LogP contribution in [0, 0.1) is 11.8 Å². The molecule has 220 valence electrons. The second-order valence-corrected chi connectivity index (χ2v) is 11.1. The summed E-state index contributed by atoms with van der Waals surface area (Å²) in [5, 5.41) is 14.3. The Kier molecular flexibility index (Phi) is 15.2. The van der Waals surface area contributed by atoms with Crippen molar-refractivity contribution in [2.75, 3.05) is 34.0 Å². The van der Waals surface area contributed by atoms with Gasteiger partial charge in [0, 0.05) is 37.7 Å². The summed E-state index contributed by atoms with van der Waals surface area (Å²) in [5.41, 5.74) is 7.62. The van der Waals surface area contributed by atoms with Crippen molar-refractivity contribution in [1.29, 1.82) is 0 Å². The van der Waals surface area contributed by atoms with Crippen molar-refractivity contribution in [3.63, 3.8) is 0 Å². The third kappa shape index (κ3) is 10.8. The highest BCUT2D eigenvalue weighted by atomic mass is 35.5. The van der Waals surface area contributed by atoms with Gasteiger partial charge in [-0.2, -0.15) is 0 Å². The van der Waals surface area contributed by atoms with Crippen LogP contribution in [0.15, 0.2) is 42.5 Å². The molecule has 0 fully saturated rings. The van der Waals surface area contributed by atoms with E-state index in [1.807, 2.05) is 44.2 Å². The number of benzene rings is 2. The van der Waals surface area contributed by atoms with Crippen molar-refractivity contribution in [3.8, 4) is 11.5 Å². The molecule has 2 aromatic carbocycles. The first-order valence-electron chi connectivity index (χ1n) is 13.3. The summed E-state index contributed by atoms with van der Waals surface area (Å²) < 4.78 is 16.5. The molecule has 0 saturated heterocycles. The van der Waals surface area contributed by atoms with Gasteiger partial charge >= 0.3 is 0 Å². The number of rotatable bonds is 16. The molecule has 9 heteroatoms. The van der Waals surface area contributed by atoms with Crippen molar-refractivity contribution in [2.24, 2.45) is 17.6 Å². The van der Waals surface area contributed by atoms with Gasteiger partial charge in [0.15, 0.2) is 11.5 Å². The van der Waals surface area contributed by atoms with Crippen LogP contribution in [0.5, 0.6) is 11.5 Å². The molecular formula is C30H46Cl2N2O5. The fraction of sp³-hybridized carbons (Fsp3) is 0.567. The number of hydrogen-bond donors (Lipinski definition) is 3. The van der Waals surface area contributed by atoms with Gasteiger partial charge < -0.3 is 30.4 Å². The predicted molar refractivity (Wildman–Crippen MR) is 160 cm³/mol. The molecule has 0 unspecified atom stereocenters. The summed E-state index contributed by atoms with van der Waals surface area (Å²) in [6.07, 6.45) is 1.33. The highest BCUT2D eigenvalue weighted by Crippen LogP contribution is 2.31. The second-order valence-electron chi connectivity index (χ2n) is 10.7. The van der Waals surface area contributed by atoms with Crippen LogP contribution in [0.4, 0.5) is 0 Å². The van der Waals surface area contributed by atoms with Crippen LogP contribution in [0.3, 0.4) is 0 Å². The third-order valence-corrected chi connectivity index (χ3v) is 7.35. The van der Waals surface area contributed by atoms with Gasteiger partial charge in [0.05, 0.1) is 25.2 Å². The van der Waals surface area contributed by atoms with E-state index in [4.69, 9.17) is 31.5 Å². The Hall–Kier alpha value is -2.03. The van der Waals surface area contributed by atoms with Crippen LogP contribution in [0.2, 0.25) is 5.02 Å². The molecule has 0 aromatic heterocycles. The van der Waals surface area contributed by atoms with E-state index < -0.39 is 17.6 Å². The average Bonchev–Trinajstić information content (AvgIpc) is 2.89. The van der Waals surface area contributed by atoms with Gasteiger partial charge in [-0.05, 0) is 73.9 Å². The molecule has 0 heterocycles. The maximum absolute atomic E-state index is 12.9. The lowest BCUT2D eigenvalue weighted by Crippen LogP contribution is -2.48. The fourth-order valence-electron chi connectivity index (χ4n) is 4.31. The zero-order valence-corrected chi connectivity index (χ0v) is 25.6. The molecule has 7 nitrogen and oxygen atoms in total. The van der Waals surface area contributed by atoms with Gasteiger partial charge in [0.25, 0.3) is 0 Å². The summed E-state index contributed by atoms with van der Waals surface area (Å²) in [6, 6.07) is 12.7. The predicted octanol–water partition coefficient (Wildman–Crippen LogP) is 5.17. The number of hydrogen-bond acceptors (Lipinski definition) is 6. The van der Waals surface area contributed by atoms with E-state index in [0.717, 1.165) is 24.0 Å². The van der Waals surface area contributed by atoms with E-state index in [0.29, 0.717) is 42.1 Å². The van der Waals surface area contributed by atoms with E-state index in [-0.39, 0.29) is 30.8 Å². The number of amides is 1. The van der Waals surface area contributed by atoms with Crippen molar-refractivity contribution < 1.29 is 24.1 Å². The monoisotopic (exact) mass is 584 g/mol. The zero-order chi connectivity index (χ0) is 28.3. The molecule has 4 N–H and O–H groups in total. The summed E-state index contributed by atoms with van der Waals surface area (Å²) in [7, 11) is 3.30. The number of aliphatic hydroxyl groups is 1. The molecule has 0 bridgehead atoms. The van der Waals surface area contributed by atoms with E-state index in [1.54, 1.807) is 26.4 Å². The van der Waals surface area contributed by atoms with Crippen molar-refractivity contribution in [1.82, 2.24) is 5.32 Å². The first-order valence-corrected chi connectivity index (χ1v) is 13.6. The van der Waals surface area contributed by atoms with E-state index in [9.17, 15) is 9.90 Å². The molecule has 3 atom stereocenters. The molecule has 2 aromatic rings. The Morgan fingerprint density at radius 1 is 1.08 bits per heavy atom. The smallest absolute Gasteiger partial charge is 0.230 e. The van der Waals surface area contributed by atoms with Gasteiger partial charge in [-0.25, -0.2) is 0 Å². The maximum atomic E-state index is 12.9. The second kappa shape index (κ2) is 16.9. The highest BCUT2D eigenvalue weighted by Gasteiger charge is 2.31. The lowest BCUT2D eigenvalue weighted by atomic mass is 9.82. The maximum Gasteiger partial charge on any atom is 0.230 e. The Balaban J connectivity index is 0.00000760.